The molecule has 0 unspecified atom stereocenters. The Morgan fingerprint density at radius 3 is 2.41 bits per heavy atom. The summed E-state index contributed by atoms with van der Waals surface area (Å²) < 4.78 is 2.17. The number of aryl methyl sites for hydroxylation is 1. The van der Waals surface area contributed by atoms with Crippen LogP contribution in [0.3, 0.4) is 0 Å². The van der Waals surface area contributed by atoms with Gasteiger partial charge in [0.05, 0.1) is 4.91 Å². The van der Waals surface area contributed by atoms with Crippen LogP contribution in [0.1, 0.15) is 42.3 Å². The molecular weight excluding hydrogens is 356 g/mol. The average molecular weight is 381 g/mol. The molecule has 0 atom stereocenters. The molecule has 0 aliphatic carbocycles. The standard InChI is InChI=1S/C22H24N2O2S/c1-6-11-23-21(25)20(27-22(23)26)13-18-12-15(4)24(16(18)5)19-9-7-17(8-10-19)14(2)3/h6-10,12-14H,1,11H2,2-5H3/b20-13+. The number of hydrogen-bond acceptors (Lipinski definition) is 3. The fraction of sp³-hybridized carbons (Fsp3) is 0.273. The first-order valence-electron chi connectivity index (χ1n) is 8.99. The van der Waals surface area contributed by atoms with Crippen LogP contribution in [0.25, 0.3) is 11.8 Å². The van der Waals surface area contributed by atoms with Crippen molar-refractivity contribution in [3.8, 4) is 5.69 Å². The Labute approximate surface area is 164 Å². The number of thioether (sulfide) groups is 1. The number of carbonyl (C=O) groups is 2. The molecule has 0 N–H and O–H groups in total. The number of rotatable bonds is 5. The normalized spacial score (nSPS) is 16.0. The van der Waals surface area contributed by atoms with Gasteiger partial charge in [-0.25, -0.2) is 0 Å². The van der Waals surface area contributed by atoms with Crippen LogP contribution in [0, 0.1) is 13.8 Å². The van der Waals surface area contributed by atoms with E-state index < -0.39 is 0 Å². The summed E-state index contributed by atoms with van der Waals surface area (Å²) in [5.74, 6) is 0.239. The van der Waals surface area contributed by atoms with Gasteiger partial charge in [-0.15, -0.1) is 6.58 Å². The van der Waals surface area contributed by atoms with Crippen molar-refractivity contribution in [3.63, 3.8) is 0 Å². The van der Waals surface area contributed by atoms with Crippen molar-refractivity contribution < 1.29 is 9.59 Å². The van der Waals surface area contributed by atoms with E-state index in [1.54, 1.807) is 6.08 Å². The Bertz CT molecular complexity index is 936. The second kappa shape index (κ2) is 7.61. The number of nitrogens with zero attached hydrogens (tertiary/aromatic N) is 2. The summed E-state index contributed by atoms with van der Waals surface area (Å²) in [5.41, 5.74) is 5.47. The van der Waals surface area contributed by atoms with Crippen LogP contribution >= 0.6 is 11.8 Å². The second-order valence-electron chi connectivity index (χ2n) is 6.99. The Morgan fingerprint density at radius 2 is 1.81 bits per heavy atom. The molecule has 1 aromatic heterocycles. The molecule has 2 aromatic rings. The molecule has 140 valence electrons. The molecule has 0 bridgehead atoms. The van der Waals surface area contributed by atoms with Crippen molar-refractivity contribution in [1.82, 2.24) is 9.47 Å². The number of imide groups is 1. The highest BCUT2D eigenvalue weighted by Gasteiger charge is 2.34. The topological polar surface area (TPSA) is 42.3 Å². The molecule has 27 heavy (non-hydrogen) atoms. The van der Waals surface area contributed by atoms with Gasteiger partial charge in [-0.1, -0.05) is 32.1 Å². The van der Waals surface area contributed by atoms with Crippen molar-refractivity contribution in [1.29, 1.82) is 0 Å². The highest BCUT2D eigenvalue weighted by Crippen LogP contribution is 2.33. The van der Waals surface area contributed by atoms with Crippen LogP contribution in [-0.4, -0.2) is 27.2 Å². The lowest BCUT2D eigenvalue weighted by Crippen LogP contribution is -2.27. The van der Waals surface area contributed by atoms with Gasteiger partial charge in [0, 0.05) is 23.6 Å². The number of amides is 2. The zero-order chi connectivity index (χ0) is 19.7. The van der Waals surface area contributed by atoms with E-state index in [0.29, 0.717) is 10.8 Å². The summed E-state index contributed by atoms with van der Waals surface area (Å²) in [6.07, 6.45) is 3.38. The zero-order valence-corrected chi connectivity index (χ0v) is 17.0. The Balaban J connectivity index is 1.96. The van der Waals surface area contributed by atoms with E-state index in [-0.39, 0.29) is 17.7 Å². The molecule has 3 rings (SSSR count). The van der Waals surface area contributed by atoms with Gasteiger partial charge in [0.25, 0.3) is 11.1 Å². The van der Waals surface area contributed by atoms with E-state index in [2.05, 4.69) is 49.3 Å². The maximum absolute atomic E-state index is 12.4. The first-order valence-corrected chi connectivity index (χ1v) is 9.80. The molecule has 1 aliphatic heterocycles. The lowest BCUT2D eigenvalue weighted by Gasteiger charge is -2.12. The fourth-order valence-electron chi connectivity index (χ4n) is 3.27. The Hall–Kier alpha value is -2.53. The summed E-state index contributed by atoms with van der Waals surface area (Å²) in [5, 5.41) is -0.246. The van der Waals surface area contributed by atoms with Gasteiger partial charge in [0.15, 0.2) is 0 Å². The number of hydrogen-bond donors (Lipinski definition) is 0. The van der Waals surface area contributed by atoms with Gasteiger partial charge in [-0.05, 0) is 66.9 Å². The van der Waals surface area contributed by atoms with Crippen molar-refractivity contribution >= 4 is 29.0 Å². The summed E-state index contributed by atoms with van der Waals surface area (Å²) in [4.78, 5) is 26.1. The Kier molecular flexibility index (Phi) is 5.42. The van der Waals surface area contributed by atoms with E-state index in [0.717, 1.165) is 34.4 Å². The van der Waals surface area contributed by atoms with Crippen molar-refractivity contribution in [2.24, 2.45) is 0 Å². The predicted molar refractivity (Wildman–Crippen MR) is 112 cm³/mol. The molecule has 0 spiro atoms. The third-order valence-corrected chi connectivity index (χ3v) is 5.67. The molecule has 2 heterocycles. The lowest BCUT2D eigenvalue weighted by molar-refractivity contribution is -0.122. The second-order valence-corrected chi connectivity index (χ2v) is 7.98. The van der Waals surface area contributed by atoms with E-state index in [1.807, 2.05) is 26.0 Å². The summed E-state index contributed by atoms with van der Waals surface area (Å²) >= 11 is 0.983. The Morgan fingerprint density at radius 1 is 1.15 bits per heavy atom. The summed E-state index contributed by atoms with van der Waals surface area (Å²) in [6, 6.07) is 10.6. The van der Waals surface area contributed by atoms with Crippen LogP contribution in [0.2, 0.25) is 0 Å². The number of carbonyl (C=O) groups excluding carboxylic acids is 2. The summed E-state index contributed by atoms with van der Waals surface area (Å²) in [7, 11) is 0. The molecule has 5 heteroatoms. The van der Waals surface area contributed by atoms with E-state index in [9.17, 15) is 9.59 Å². The summed E-state index contributed by atoms with van der Waals surface area (Å²) in [6.45, 7) is 12.3. The molecule has 4 nitrogen and oxygen atoms in total. The quantitative estimate of drug-likeness (QED) is 0.512. The van der Waals surface area contributed by atoms with Gasteiger partial charge in [-0.2, -0.15) is 0 Å². The highest BCUT2D eigenvalue weighted by molar-refractivity contribution is 8.18. The van der Waals surface area contributed by atoms with Gasteiger partial charge >= 0.3 is 0 Å². The molecule has 1 fully saturated rings. The lowest BCUT2D eigenvalue weighted by atomic mass is 10.0. The molecule has 0 radical (unpaired) electrons. The van der Waals surface area contributed by atoms with Gasteiger partial charge in [0.2, 0.25) is 0 Å². The maximum atomic E-state index is 12.4. The van der Waals surface area contributed by atoms with Crippen molar-refractivity contribution in [2.45, 2.75) is 33.6 Å². The zero-order valence-electron chi connectivity index (χ0n) is 16.2. The van der Waals surface area contributed by atoms with Gasteiger partial charge < -0.3 is 4.57 Å². The highest BCUT2D eigenvalue weighted by atomic mass is 32.2. The molecule has 2 amide bonds. The molecule has 0 saturated carbocycles. The van der Waals surface area contributed by atoms with Gasteiger partial charge in [-0.3, -0.25) is 14.5 Å². The SMILES string of the molecule is C=CCN1C(=O)S/C(=C/c2cc(C)n(-c3ccc(C(C)C)cc3)c2C)C1=O. The van der Waals surface area contributed by atoms with Crippen molar-refractivity contribution in [3.05, 3.63) is 70.4 Å². The van der Waals surface area contributed by atoms with Crippen LogP contribution in [0.15, 0.2) is 47.9 Å². The number of benzene rings is 1. The van der Waals surface area contributed by atoms with Gasteiger partial charge in [0.1, 0.15) is 0 Å². The van der Waals surface area contributed by atoms with E-state index in [4.69, 9.17) is 0 Å². The minimum atomic E-state index is -0.254. The largest absolute Gasteiger partial charge is 0.318 e. The molecule has 1 saturated heterocycles. The molecule has 1 aliphatic rings. The minimum Gasteiger partial charge on any atom is -0.318 e. The smallest absolute Gasteiger partial charge is 0.293 e. The van der Waals surface area contributed by atoms with Crippen LogP contribution < -0.4 is 0 Å². The third kappa shape index (κ3) is 3.65. The molecular formula is C22H24N2O2S. The van der Waals surface area contributed by atoms with Crippen LogP contribution in [0.4, 0.5) is 4.79 Å². The third-order valence-electron chi connectivity index (χ3n) is 4.76. The van der Waals surface area contributed by atoms with E-state index in [1.165, 1.54) is 10.5 Å². The monoisotopic (exact) mass is 380 g/mol. The van der Waals surface area contributed by atoms with E-state index >= 15 is 0 Å². The fourth-order valence-corrected chi connectivity index (χ4v) is 4.11. The first kappa shape index (κ1) is 19.2. The first-order chi connectivity index (χ1) is 12.8. The van der Waals surface area contributed by atoms with Crippen LogP contribution in [0.5, 0.6) is 0 Å². The van der Waals surface area contributed by atoms with Crippen molar-refractivity contribution in [2.75, 3.05) is 6.54 Å². The maximum Gasteiger partial charge on any atom is 0.293 e. The average Bonchev–Trinajstić information content (AvgIpc) is 3.05. The predicted octanol–water partition coefficient (Wildman–Crippen LogP) is 5.44. The molecule has 1 aromatic carbocycles. The van der Waals surface area contributed by atoms with Crippen LogP contribution in [-0.2, 0) is 4.79 Å². The number of aromatic nitrogens is 1. The minimum absolute atomic E-state index is 0.239.